The lowest BCUT2D eigenvalue weighted by atomic mass is 9.89. The number of benzene rings is 2. The molecular weight excluding hydrogens is 412 g/mol. The second-order valence-corrected chi connectivity index (χ2v) is 7.68. The van der Waals surface area contributed by atoms with Crippen LogP contribution in [0.3, 0.4) is 0 Å². The van der Waals surface area contributed by atoms with Crippen LogP contribution >= 0.6 is 0 Å². The van der Waals surface area contributed by atoms with Gasteiger partial charge >= 0.3 is 12.2 Å². The van der Waals surface area contributed by atoms with Gasteiger partial charge in [-0.05, 0) is 31.4 Å². The van der Waals surface area contributed by atoms with Crippen molar-refractivity contribution in [3.05, 3.63) is 53.6 Å². The first kappa shape index (κ1) is 21.8. The van der Waals surface area contributed by atoms with E-state index in [4.69, 9.17) is 18.9 Å². The highest BCUT2D eigenvalue weighted by Gasteiger charge is 2.38. The third-order valence-corrected chi connectivity index (χ3v) is 5.64. The second kappa shape index (κ2) is 9.80. The van der Waals surface area contributed by atoms with Gasteiger partial charge in [-0.15, -0.1) is 0 Å². The Morgan fingerprint density at radius 3 is 2.47 bits per heavy atom. The molecule has 4 rings (SSSR count). The summed E-state index contributed by atoms with van der Waals surface area (Å²) in [6.45, 7) is 5.13. The average Bonchev–Trinajstić information content (AvgIpc) is 2.82. The van der Waals surface area contributed by atoms with Gasteiger partial charge in [0.15, 0.2) is 11.5 Å². The maximum Gasteiger partial charge on any atom is 0.414 e. The lowest BCUT2D eigenvalue weighted by Crippen LogP contribution is -2.47. The van der Waals surface area contributed by atoms with Gasteiger partial charge < -0.3 is 24.3 Å². The van der Waals surface area contributed by atoms with Crippen LogP contribution in [0, 0.1) is 0 Å². The number of alkyl carbamates (subject to hydrolysis) is 1. The molecule has 2 aromatic carbocycles. The maximum atomic E-state index is 12.8. The normalized spacial score (nSPS) is 19.0. The highest BCUT2D eigenvalue weighted by atomic mass is 16.6. The van der Waals surface area contributed by atoms with Crippen molar-refractivity contribution >= 4 is 17.9 Å². The Bertz CT molecular complexity index is 964. The monoisotopic (exact) mass is 440 g/mol. The summed E-state index contributed by atoms with van der Waals surface area (Å²) in [5.74, 6) is 1.17. The molecule has 1 N–H and O–H groups in total. The number of fused-ring (bicyclic) bond motifs is 2. The summed E-state index contributed by atoms with van der Waals surface area (Å²) >= 11 is 0. The number of nitrogens with one attached hydrogen (secondary N) is 1. The molecule has 0 aromatic heterocycles. The highest BCUT2D eigenvalue weighted by Crippen LogP contribution is 2.45. The van der Waals surface area contributed by atoms with Gasteiger partial charge in [-0.2, -0.15) is 0 Å². The Morgan fingerprint density at radius 2 is 1.78 bits per heavy atom. The summed E-state index contributed by atoms with van der Waals surface area (Å²) < 4.78 is 22.2. The van der Waals surface area contributed by atoms with Crippen molar-refractivity contribution in [3.8, 4) is 11.5 Å². The molecule has 2 atom stereocenters. The maximum absolute atomic E-state index is 12.8. The molecule has 2 aliphatic heterocycles. The minimum Gasteiger partial charge on any atom is -0.486 e. The van der Waals surface area contributed by atoms with Crippen LogP contribution < -0.4 is 19.7 Å². The van der Waals surface area contributed by atoms with Crippen molar-refractivity contribution in [2.45, 2.75) is 45.4 Å². The van der Waals surface area contributed by atoms with Crippen molar-refractivity contribution in [3.63, 3.8) is 0 Å². The van der Waals surface area contributed by atoms with Gasteiger partial charge in [0.1, 0.15) is 19.8 Å². The van der Waals surface area contributed by atoms with E-state index in [1.165, 1.54) is 0 Å². The molecule has 8 heteroatoms. The first-order valence-electron chi connectivity index (χ1n) is 11.0. The molecule has 8 nitrogen and oxygen atoms in total. The molecule has 0 saturated heterocycles. The van der Waals surface area contributed by atoms with E-state index in [0.717, 1.165) is 11.1 Å². The first-order valence-corrected chi connectivity index (χ1v) is 11.0. The third kappa shape index (κ3) is 4.59. The number of nitrogens with zero attached hydrogens (tertiary/aromatic N) is 1. The number of carbonyl (C=O) groups is 2. The van der Waals surface area contributed by atoms with E-state index in [1.807, 2.05) is 43.3 Å². The first-order chi connectivity index (χ1) is 15.6. The highest BCUT2D eigenvalue weighted by molar-refractivity contribution is 5.91. The third-order valence-electron chi connectivity index (χ3n) is 5.64. The van der Waals surface area contributed by atoms with E-state index in [0.29, 0.717) is 43.2 Å². The molecule has 0 saturated carbocycles. The van der Waals surface area contributed by atoms with Crippen LogP contribution in [0.2, 0.25) is 0 Å². The van der Waals surface area contributed by atoms with Gasteiger partial charge in [0.2, 0.25) is 0 Å². The summed E-state index contributed by atoms with van der Waals surface area (Å²) in [5.41, 5.74) is 2.33. The van der Waals surface area contributed by atoms with Crippen molar-refractivity contribution < 1.29 is 28.5 Å². The molecule has 0 bridgehead atoms. The predicted octanol–water partition coefficient (Wildman–Crippen LogP) is 4.57. The minimum atomic E-state index is -0.515. The Kier molecular flexibility index (Phi) is 6.68. The van der Waals surface area contributed by atoms with Gasteiger partial charge in [0.25, 0.3) is 0 Å². The van der Waals surface area contributed by atoms with Crippen LogP contribution in [0.5, 0.6) is 11.5 Å². The molecule has 2 heterocycles. The fourth-order valence-corrected chi connectivity index (χ4v) is 4.12. The van der Waals surface area contributed by atoms with Crippen molar-refractivity contribution in [1.82, 2.24) is 5.32 Å². The summed E-state index contributed by atoms with van der Waals surface area (Å²) in [7, 11) is 0. The molecule has 0 unspecified atom stereocenters. The molecule has 0 radical (unpaired) electrons. The van der Waals surface area contributed by atoms with Crippen LogP contribution in [0.1, 0.15) is 43.9 Å². The van der Waals surface area contributed by atoms with Crippen LogP contribution in [0.25, 0.3) is 0 Å². The topological polar surface area (TPSA) is 86.3 Å². The predicted molar refractivity (Wildman–Crippen MR) is 118 cm³/mol. The fraction of sp³-hybridized carbons (Fsp3) is 0.417. The fourth-order valence-electron chi connectivity index (χ4n) is 4.12. The lowest BCUT2D eigenvalue weighted by molar-refractivity contribution is 0.133. The number of hydrogen-bond acceptors (Lipinski definition) is 6. The zero-order valence-corrected chi connectivity index (χ0v) is 18.3. The molecule has 0 spiro atoms. The Balaban J connectivity index is 1.60. The summed E-state index contributed by atoms with van der Waals surface area (Å²) in [6, 6.07) is 12.6. The van der Waals surface area contributed by atoms with E-state index >= 15 is 0 Å². The average molecular weight is 440 g/mol. The largest absolute Gasteiger partial charge is 0.486 e. The Labute approximate surface area is 187 Å². The summed E-state index contributed by atoms with van der Waals surface area (Å²) in [5, 5.41) is 2.97. The van der Waals surface area contributed by atoms with Gasteiger partial charge in [0.05, 0.1) is 18.3 Å². The van der Waals surface area contributed by atoms with Crippen LogP contribution in [-0.2, 0) is 16.1 Å². The van der Waals surface area contributed by atoms with Gasteiger partial charge in [-0.3, -0.25) is 4.90 Å². The van der Waals surface area contributed by atoms with Crippen molar-refractivity contribution in [1.29, 1.82) is 0 Å². The minimum absolute atomic E-state index is 0.150. The molecule has 170 valence electrons. The quantitative estimate of drug-likeness (QED) is 0.733. The number of amides is 2. The van der Waals surface area contributed by atoms with E-state index in [2.05, 4.69) is 5.32 Å². The van der Waals surface area contributed by atoms with Crippen LogP contribution in [0.4, 0.5) is 15.3 Å². The second-order valence-electron chi connectivity index (χ2n) is 7.68. The summed E-state index contributed by atoms with van der Waals surface area (Å²) in [4.78, 5) is 27.1. The number of rotatable bonds is 5. The van der Waals surface area contributed by atoms with Gasteiger partial charge in [-0.25, -0.2) is 9.59 Å². The molecule has 0 aliphatic carbocycles. The smallest absolute Gasteiger partial charge is 0.414 e. The van der Waals surface area contributed by atoms with E-state index in [1.54, 1.807) is 17.9 Å². The van der Waals surface area contributed by atoms with Crippen molar-refractivity contribution in [2.75, 3.05) is 24.7 Å². The molecule has 2 aromatic rings. The summed E-state index contributed by atoms with van der Waals surface area (Å²) in [6.07, 6.45) is 0.299. The number of hydrogen-bond donors (Lipinski definition) is 1. The SMILES string of the molecule is CCOC(=O)N1c2cc3c(cc2[C@@H](NC(=O)OCc2ccccc2)C[C@H]1CC)OCCO3. The van der Waals surface area contributed by atoms with Crippen LogP contribution in [0.15, 0.2) is 42.5 Å². The molecule has 2 aliphatic rings. The van der Waals surface area contributed by atoms with Gasteiger partial charge in [0, 0.05) is 17.7 Å². The van der Waals surface area contributed by atoms with E-state index in [9.17, 15) is 9.59 Å². The lowest BCUT2D eigenvalue weighted by Gasteiger charge is -2.40. The van der Waals surface area contributed by atoms with Gasteiger partial charge in [-0.1, -0.05) is 37.3 Å². The number of ether oxygens (including phenoxy) is 4. The standard InChI is InChI=1S/C24H28N2O6/c1-3-17-12-19(25-23(27)32-15-16-8-6-5-7-9-16)18-13-21-22(31-11-10-30-21)14-20(18)26(17)24(28)29-4-2/h5-9,13-14,17,19H,3-4,10-12,15H2,1-2H3,(H,25,27)/t17-,19+/m1/s1. The molecular formula is C24H28N2O6. The zero-order chi connectivity index (χ0) is 22.5. The molecule has 0 fully saturated rings. The number of anilines is 1. The molecule has 32 heavy (non-hydrogen) atoms. The van der Waals surface area contributed by atoms with Crippen LogP contribution in [-0.4, -0.2) is 38.0 Å². The number of carbonyl (C=O) groups excluding carboxylic acids is 2. The molecule has 2 amide bonds. The van der Waals surface area contributed by atoms with E-state index < -0.39 is 12.2 Å². The van der Waals surface area contributed by atoms with Crippen molar-refractivity contribution in [2.24, 2.45) is 0 Å². The zero-order valence-electron chi connectivity index (χ0n) is 18.3. The van der Waals surface area contributed by atoms with E-state index in [-0.39, 0.29) is 25.3 Å². The Morgan fingerprint density at radius 1 is 1.06 bits per heavy atom. The Hall–Kier alpha value is -3.42.